The predicted molar refractivity (Wildman–Crippen MR) is 194 cm³/mol. The molecule has 4 aliphatic heterocycles. The third kappa shape index (κ3) is 6.05. The maximum Gasteiger partial charge on any atom is 0.262 e. The fourth-order valence-electron chi connectivity index (χ4n) is 8.10. The van der Waals surface area contributed by atoms with E-state index in [2.05, 4.69) is 30.2 Å². The van der Waals surface area contributed by atoms with Gasteiger partial charge in [-0.15, -0.1) is 0 Å². The first kappa shape index (κ1) is 34.0. The lowest BCUT2D eigenvalue weighted by Gasteiger charge is -2.44. The topological polar surface area (TPSA) is 187 Å². The van der Waals surface area contributed by atoms with E-state index in [1.807, 2.05) is 42.5 Å². The second-order valence-corrected chi connectivity index (χ2v) is 13.7. The molecule has 15 heteroatoms. The highest BCUT2D eigenvalue weighted by Gasteiger charge is 2.45. The number of amides is 5. The molecule has 3 fully saturated rings. The van der Waals surface area contributed by atoms with Crippen LogP contribution < -0.4 is 25.6 Å². The molecular weight excluding hydrogens is 678 g/mol. The van der Waals surface area contributed by atoms with E-state index in [1.54, 1.807) is 18.3 Å². The molecule has 8 rings (SSSR count). The van der Waals surface area contributed by atoms with Crippen LogP contribution in [0.4, 0.5) is 11.5 Å². The van der Waals surface area contributed by atoms with E-state index < -0.39 is 35.6 Å². The Kier molecular flexibility index (Phi) is 8.86. The van der Waals surface area contributed by atoms with Crippen molar-refractivity contribution in [3.05, 3.63) is 77.5 Å². The first-order chi connectivity index (χ1) is 25.7. The number of piperazine rings is 1. The number of methoxy groups -OCH3 is 1. The van der Waals surface area contributed by atoms with Gasteiger partial charge in [-0.05, 0) is 43.5 Å². The zero-order valence-electron chi connectivity index (χ0n) is 29.2. The van der Waals surface area contributed by atoms with Crippen LogP contribution in [0.3, 0.4) is 0 Å². The van der Waals surface area contributed by atoms with Crippen LogP contribution >= 0.6 is 0 Å². The SMILES string of the molecule is COc1c(C(N)=O)c(-c2ccccc2)nc(N2CCN(C3CCN(c4ccc5c(c4)C(=O)N(C4CCC(=O)NC4=O)C5=O)CC3)CC2)c1-c1ccn[nH]1. The molecule has 1 atom stereocenters. The lowest BCUT2D eigenvalue weighted by Crippen LogP contribution is -2.54. The zero-order valence-corrected chi connectivity index (χ0v) is 29.2. The Hall–Kier alpha value is -6.09. The molecule has 1 unspecified atom stereocenters. The molecule has 0 saturated carbocycles. The number of nitrogens with two attached hydrogens (primary N) is 1. The van der Waals surface area contributed by atoms with Gasteiger partial charge in [0.05, 0.1) is 35.2 Å². The van der Waals surface area contributed by atoms with E-state index in [1.165, 1.54) is 7.11 Å². The van der Waals surface area contributed by atoms with Gasteiger partial charge in [0.2, 0.25) is 11.8 Å². The van der Waals surface area contributed by atoms with Gasteiger partial charge in [0.25, 0.3) is 17.7 Å². The van der Waals surface area contributed by atoms with E-state index in [-0.39, 0.29) is 29.5 Å². The summed E-state index contributed by atoms with van der Waals surface area (Å²) in [6.45, 7) is 4.57. The Balaban J connectivity index is 0.963. The van der Waals surface area contributed by atoms with Crippen LogP contribution in [-0.4, -0.2) is 113 Å². The number of piperidine rings is 2. The first-order valence-corrected chi connectivity index (χ1v) is 17.8. The van der Waals surface area contributed by atoms with Crippen LogP contribution in [0.25, 0.3) is 22.5 Å². The molecule has 4 aliphatic rings. The van der Waals surface area contributed by atoms with Gasteiger partial charge in [-0.2, -0.15) is 5.10 Å². The molecule has 0 spiro atoms. The zero-order chi connectivity index (χ0) is 36.8. The van der Waals surface area contributed by atoms with Crippen LogP contribution in [0.15, 0.2) is 60.8 Å². The number of benzene rings is 2. The van der Waals surface area contributed by atoms with Crippen LogP contribution in [0.1, 0.15) is 56.8 Å². The van der Waals surface area contributed by atoms with E-state index in [0.717, 1.165) is 55.2 Å². The van der Waals surface area contributed by atoms with E-state index in [4.69, 9.17) is 15.5 Å². The maximum absolute atomic E-state index is 13.4. The molecule has 3 saturated heterocycles. The highest BCUT2D eigenvalue weighted by Crippen LogP contribution is 2.43. The average molecular weight is 718 g/mol. The number of carbonyl (C=O) groups excluding carboxylic acids is 5. The summed E-state index contributed by atoms with van der Waals surface area (Å²) in [7, 11) is 1.53. The molecule has 5 amide bonds. The third-order valence-electron chi connectivity index (χ3n) is 10.8. The van der Waals surface area contributed by atoms with Crippen molar-refractivity contribution in [2.24, 2.45) is 5.73 Å². The van der Waals surface area contributed by atoms with E-state index in [9.17, 15) is 24.0 Å². The van der Waals surface area contributed by atoms with Gasteiger partial charge >= 0.3 is 0 Å². The van der Waals surface area contributed by atoms with Crippen molar-refractivity contribution < 1.29 is 28.7 Å². The molecule has 53 heavy (non-hydrogen) atoms. The van der Waals surface area contributed by atoms with Crippen molar-refractivity contribution in [1.82, 2.24) is 30.3 Å². The molecule has 15 nitrogen and oxygen atoms in total. The highest BCUT2D eigenvalue weighted by molar-refractivity contribution is 6.23. The van der Waals surface area contributed by atoms with E-state index >= 15 is 0 Å². The van der Waals surface area contributed by atoms with Gasteiger partial charge in [-0.3, -0.25) is 44.2 Å². The number of anilines is 2. The number of aromatic amines is 1. The molecule has 6 heterocycles. The van der Waals surface area contributed by atoms with Crippen LogP contribution in [0.5, 0.6) is 5.75 Å². The number of H-pyrrole nitrogens is 1. The Bertz CT molecular complexity index is 2110. The summed E-state index contributed by atoms with van der Waals surface area (Å²) < 4.78 is 5.90. The number of carbonyl (C=O) groups is 5. The molecule has 0 bridgehead atoms. The van der Waals surface area contributed by atoms with Crippen molar-refractivity contribution in [2.75, 3.05) is 56.2 Å². The Morgan fingerprint density at radius 2 is 1.60 bits per heavy atom. The number of nitrogens with zero attached hydrogens (tertiary/aromatic N) is 6. The monoisotopic (exact) mass is 717 g/mol. The van der Waals surface area contributed by atoms with Crippen LogP contribution in [-0.2, 0) is 9.59 Å². The van der Waals surface area contributed by atoms with Crippen LogP contribution in [0, 0.1) is 0 Å². The third-order valence-corrected chi connectivity index (χ3v) is 10.8. The second kappa shape index (κ2) is 13.8. The summed E-state index contributed by atoms with van der Waals surface area (Å²) in [6.07, 6.45) is 3.69. The molecule has 2 aromatic carbocycles. The minimum atomic E-state index is -0.991. The number of imide groups is 2. The molecule has 0 aliphatic carbocycles. The summed E-state index contributed by atoms with van der Waals surface area (Å²) >= 11 is 0. The molecule has 2 aromatic heterocycles. The van der Waals surface area contributed by atoms with Crippen molar-refractivity contribution in [1.29, 1.82) is 0 Å². The molecule has 272 valence electrons. The molecule has 4 N–H and O–H groups in total. The van der Waals surface area contributed by atoms with Gasteiger partial charge in [0.1, 0.15) is 23.2 Å². The van der Waals surface area contributed by atoms with Gasteiger partial charge in [0, 0.05) is 69.2 Å². The van der Waals surface area contributed by atoms with E-state index in [0.29, 0.717) is 47.7 Å². The fourth-order valence-corrected chi connectivity index (χ4v) is 8.10. The van der Waals surface area contributed by atoms with Gasteiger partial charge in [-0.25, -0.2) is 4.98 Å². The number of primary amides is 1. The van der Waals surface area contributed by atoms with Gasteiger partial charge < -0.3 is 20.3 Å². The average Bonchev–Trinajstić information content (AvgIpc) is 3.80. The van der Waals surface area contributed by atoms with Gasteiger partial charge in [0.15, 0.2) is 0 Å². The fraction of sp³-hybridized carbons (Fsp3) is 0.342. The largest absolute Gasteiger partial charge is 0.495 e. The lowest BCUT2D eigenvalue weighted by atomic mass is 9.98. The smallest absolute Gasteiger partial charge is 0.262 e. The van der Waals surface area contributed by atoms with Crippen molar-refractivity contribution in [3.63, 3.8) is 0 Å². The summed E-state index contributed by atoms with van der Waals surface area (Å²) in [4.78, 5) is 76.6. The molecule has 4 aromatic rings. The Morgan fingerprint density at radius 3 is 2.26 bits per heavy atom. The first-order valence-electron chi connectivity index (χ1n) is 17.8. The molecule has 0 radical (unpaired) electrons. The number of hydrogen-bond acceptors (Lipinski definition) is 11. The summed E-state index contributed by atoms with van der Waals surface area (Å²) in [5.41, 5.74) is 10.1. The number of ether oxygens (including phenoxy) is 1. The normalized spacial score (nSPS) is 19.8. The molecular formula is C38H39N9O6. The maximum atomic E-state index is 13.4. The highest BCUT2D eigenvalue weighted by atomic mass is 16.5. The minimum absolute atomic E-state index is 0.0795. The second-order valence-electron chi connectivity index (χ2n) is 13.7. The van der Waals surface area contributed by atoms with Crippen molar-refractivity contribution in [2.45, 2.75) is 37.8 Å². The van der Waals surface area contributed by atoms with Gasteiger partial charge in [-0.1, -0.05) is 30.3 Å². The summed E-state index contributed by atoms with van der Waals surface area (Å²) in [5.74, 6) is -1.63. The number of pyridine rings is 1. The number of fused-ring (bicyclic) bond motifs is 1. The number of rotatable bonds is 8. The predicted octanol–water partition coefficient (Wildman–Crippen LogP) is 2.44. The Labute approximate surface area is 305 Å². The Morgan fingerprint density at radius 1 is 0.868 bits per heavy atom. The van der Waals surface area contributed by atoms with Crippen molar-refractivity contribution in [3.8, 4) is 28.3 Å². The number of nitrogens with one attached hydrogen (secondary N) is 2. The summed E-state index contributed by atoms with van der Waals surface area (Å²) in [5, 5.41) is 9.42. The number of hydrogen-bond donors (Lipinski definition) is 3. The minimum Gasteiger partial charge on any atom is -0.495 e. The van der Waals surface area contributed by atoms with Crippen molar-refractivity contribution >= 4 is 41.0 Å². The van der Waals surface area contributed by atoms with Crippen LogP contribution in [0.2, 0.25) is 0 Å². The quantitative estimate of drug-likeness (QED) is 0.227. The summed E-state index contributed by atoms with van der Waals surface area (Å²) in [6, 6.07) is 16.0. The standard InChI is InChI=1S/C38H39N9O6/c1-53-33-30(27-11-14-40-43-27)35(42-32(31(33)34(39)49)22-5-3-2-4-6-22)46-19-17-45(18-20-46)23-12-15-44(16-13-23)24-7-8-25-26(21-24)38(52)47(37(25)51)28-9-10-29(48)41-36(28)50/h2-8,11,14,21,23,28H,9-10,12-13,15-20H2,1H3,(H2,39,49)(H,40,43)(H,41,48,50). The number of aromatic nitrogens is 3. The lowest BCUT2D eigenvalue weighted by molar-refractivity contribution is -0.136.